The lowest BCUT2D eigenvalue weighted by Gasteiger charge is -2.10. The summed E-state index contributed by atoms with van der Waals surface area (Å²) in [5, 5.41) is 4.04. The average Bonchev–Trinajstić information content (AvgIpc) is 3.00. The molecule has 0 aliphatic carbocycles. The number of nitrogens with zero attached hydrogens (tertiary/aromatic N) is 3. The topological polar surface area (TPSA) is 94.7 Å². The quantitative estimate of drug-likeness (QED) is 0.763. The van der Waals surface area contributed by atoms with Gasteiger partial charge < -0.3 is 4.74 Å². The van der Waals surface area contributed by atoms with Gasteiger partial charge in [-0.1, -0.05) is 12.1 Å². The molecule has 3 aromatic rings. The maximum atomic E-state index is 12.6. The minimum absolute atomic E-state index is 0.0263. The summed E-state index contributed by atoms with van der Waals surface area (Å²) in [6.07, 6.45) is 1.37. The summed E-state index contributed by atoms with van der Waals surface area (Å²) < 4.78 is 35.5. The zero-order valence-corrected chi connectivity index (χ0v) is 14.2. The largest absolute Gasteiger partial charge is 0.495 e. The van der Waals surface area contributed by atoms with Gasteiger partial charge in [-0.15, -0.1) is 0 Å². The number of nitrogens with one attached hydrogen (secondary N) is 1. The van der Waals surface area contributed by atoms with Gasteiger partial charge in [0, 0.05) is 13.2 Å². The highest BCUT2D eigenvalue weighted by atomic mass is 32.2. The molecule has 0 bridgehead atoms. The number of benzene rings is 1. The first kappa shape index (κ1) is 16.1. The third-order valence-electron chi connectivity index (χ3n) is 3.61. The summed E-state index contributed by atoms with van der Waals surface area (Å²) in [6, 6.07) is 8.01. The van der Waals surface area contributed by atoms with E-state index in [1.54, 1.807) is 31.2 Å². The zero-order chi connectivity index (χ0) is 17.5. The maximum absolute atomic E-state index is 12.6. The summed E-state index contributed by atoms with van der Waals surface area (Å²) >= 11 is 0. The molecule has 0 atom stereocenters. The molecule has 24 heavy (non-hydrogen) atoms. The normalized spacial score (nSPS) is 11.6. The van der Waals surface area contributed by atoms with Crippen LogP contribution in [0.5, 0.6) is 5.75 Å². The molecule has 2 aromatic heterocycles. The molecule has 9 heteroatoms. The first-order chi connectivity index (χ1) is 11.3. The minimum atomic E-state index is -3.88. The molecule has 3 rings (SSSR count). The fourth-order valence-electron chi connectivity index (χ4n) is 2.43. The number of rotatable bonds is 4. The molecule has 0 amide bonds. The van der Waals surface area contributed by atoms with E-state index < -0.39 is 10.0 Å². The van der Waals surface area contributed by atoms with Gasteiger partial charge in [0.05, 0.1) is 12.8 Å². The second-order valence-electron chi connectivity index (χ2n) is 5.21. The van der Waals surface area contributed by atoms with Gasteiger partial charge in [0.25, 0.3) is 15.6 Å². The SMILES string of the molecule is COc1ccccc1NS(=O)(=O)c1cc2c(=O)n(C)nc(C)n2c1. The van der Waals surface area contributed by atoms with Gasteiger partial charge in [0.1, 0.15) is 22.0 Å². The summed E-state index contributed by atoms with van der Waals surface area (Å²) in [7, 11) is -0.907. The Labute approximate surface area is 138 Å². The fourth-order valence-corrected chi connectivity index (χ4v) is 3.51. The Morgan fingerprint density at radius 3 is 2.67 bits per heavy atom. The first-order valence-corrected chi connectivity index (χ1v) is 8.53. The van der Waals surface area contributed by atoms with Gasteiger partial charge in [-0.25, -0.2) is 13.1 Å². The van der Waals surface area contributed by atoms with Crippen LogP contribution < -0.4 is 15.0 Å². The number of aryl methyl sites for hydroxylation is 2. The highest BCUT2D eigenvalue weighted by Crippen LogP contribution is 2.26. The molecule has 0 aliphatic heterocycles. The van der Waals surface area contributed by atoms with Crippen LogP contribution in [0.25, 0.3) is 5.52 Å². The number of fused-ring (bicyclic) bond motifs is 1. The van der Waals surface area contributed by atoms with E-state index >= 15 is 0 Å². The van der Waals surface area contributed by atoms with Crippen LogP contribution in [-0.4, -0.2) is 29.7 Å². The Hall–Kier alpha value is -2.81. The van der Waals surface area contributed by atoms with Crippen molar-refractivity contribution < 1.29 is 13.2 Å². The van der Waals surface area contributed by atoms with Gasteiger partial charge in [-0.05, 0) is 25.1 Å². The predicted molar refractivity (Wildman–Crippen MR) is 89.0 cm³/mol. The van der Waals surface area contributed by atoms with Crippen LogP contribution in [0.2, 0.25) is 0 Å². The zero-order valence-electron chi connectivity index (χ0n) is 13.3. The van der Waals surface area contributed by atoms with Crippen LogP contribution in [0, 0.1) is 6.92 Å². The standard InChI is InChI=1S/C15H16N4O4S/c1-10-16-18(2)15(20)13-8-11(9-19(10)13)24(21,22)17-12-6-4-5-7-14(12)23-3/h4-9,17H,1-3H3. The number of sulfonamides is 1. The molecule has 1 aromatic carbocycles. The molecule has 126 valence electrons. The lowest BCUT2D eigenvalue weighted by atomic mass is 10.3. The highest BCUT2D eigenvalue weighted by molar-refractivity contribution is 7.92. The number of ether oxygens (including phenoxy) is 1. The van der Waals surface area contributed by atoms with E-state index in [-0.39, 0.29) is 16.0 Å². The monoisotopic (exact) mass is 348 g/mol. The molecule has 0 radical (unpaired) electrons. The number of para-hydroxylation sites is 2. The molecular formula is C15H16N4O4S. The van der Waals surface area contributed by atoms with E-state index in [1.807, 2.05) is 0 Å². The first-order valence-electron chi connectivity index (χ1n) is 7.05. The van der Waals surface area contributed by atoms with Crippen molar-refractivity contribution in [2.45, 2.75) is 11.8 Å². The number of aromatic nitrogens is 3. The molecule has 0 aliphatic rings. The molecule has 1 N–H and O–H groups in total. The van der Waals surface area contributed by atoms with E-state index in [0.29, 0.717) is 17.3 Å². The number of methoxy groups -OCH3 is 1. The van der Waals surface area contributed by atoms with Gasteiger partial charge in [0.2, 0.25) is 0 Å². The fraction of sp³-hybridized carbons (Fsp3) is 0.200. The van der Waals surface area contributed by atoms with Crippen molar-refractivity contribution in [1.29, 1.82) is 0 Å². The average molecular weight is 348 g/mol. The van der Waals surface area contributed by atoms with E-state index in [4.69, 9.17) is 4.74 Å². The Balaban J connectivity index is 2.11. The highest BCUT2D eigenvalue weighted by Gasteiger charge is 2.20. The second-order valence-corrected chi connectivity index (χ2v) is 6.90. The van der Waals surface area contributed by atoms with Crippen LogP contribution in [0.1, 0.15) is 5.82 Å². The third-order valence-corrected chi connectivity index (χ3v) is 4.95. The van der Waals surface area contributed by atoms with E-state index in [0.717, 1.165) is 0 Å². The lowest BCUT2D eigenvalue weighted by Crippen LogP contribution is -2.22. The van der Waals surface area contributed by atoms with Gasteiger partial charge in [0.15, 0.2) is 0 Å². The molecule has 0 saturated carbocycles. The van der Waals surface area contributed by atoms with Gasteiger partial charge in [-0.3, -0.25) is 13.9 Å². The number of anilines is 1. The minimum Gasteiger partial charge on any atom is -0.495 e. The van der Waals surface area contributed by atoms with Gasteiger partial charge >= 0.3 is 0 Å². The third kappa shape index (κ3) is 2.62. The number of hydrogen-bond acceptors (Lipinski definition) is 5. The van der Waals surface area contributed by atoms with Crippen molar-refractivity contribution in [3.8, 4) is 5.75 Å². The summed E-state index contributed by atoms with van der Waals surface area (Å²) in [5.41, 5.74) is 0.183. The summed E-state index contributed by atoms with van der Waals surface area (Å²) in [5.74, 6) is 0.907. The van der Waals surface area contributed by atoms with E-state index in [9.17, 15) is 13.2 Å². The van der Waals surface area contributed by atoms with Crippen molar-refractivity contribution >= 4 is 21.2 Å². The Morgan fingerprint density at radius 1 is 1.25 bits per heavy atom. The van der Waals surface area contributed by atoms with Crippen LogP contribution in [0.4, 0.5) is 5.69 Å². The molecule has 0 unspecified atom stereocenters. The van der Waals surface area contributed by atoms with Gasteiger partial charge in [-0.2, -0.15) is 5.10 Å². The van der Waals surface area contributed by atoms with Crippen molar-refractivity contribution in [3.63, 3.8) is 0 Å². The molecular weight excluding hydrogens is 332 g/mol. The summed E-state index contributed by atoms with van der Waals surface area (Å²) in [6.45, 7) is 1.69. The van der Waals surface area contributed by atoms with Crippen LogP contribution >= 0.6 is 0 Å². The van der Waals surface area contributed by atoms with Crippen molar-refractivity contribution in [2.24, 2.45) is 7.05 Å². The Kier molecular flexibility index (Phi) is 3.80. The molecule has 2 heterocycles. The molecule has 0 fully saturated rings. The Bertz CT molecular complexity index is 1080. The molecule has 0 saturated heterocycles. The van der Waals surface area contributed by atoms with Crippen LogP contribution in [-0.2, 0) is 17.1 Å². The van der Waals surface area contributed by atoms with Crippen molar-refractivity contribution in [3.05, 3.63) is 52.7 Å². The number of hydrogen-bond donors (Lipinski definition) is 1. The van der Waals surface area contributed by atoms with Crippen molar-refractivity contribution in [1.82, 2.24) is 14.2 Å². The smallest absolute Gasteiger partial charge is 0.290 e. The van der Waals surface area contributed by atoms with E-state index in [2.05, 4.69) is 9.82 Å². The Morgan fingerprint density at radius 2 is 1.96 bits per heavy atom. The second kappa shape index (κ2) is 5.68. The molecule has 0 spiro atoms. The van der Waals surface area contributed by atoms with Crippen molar-refractivity contribution in [2.75, 3.05) is 11.8 Å². The molecule has 8 nitrogen and oxygen atoms in total. The van der Waals surface area contributed by atoms with Crippen LogP contribution in [0.15, 0.2) is 46.2 Å². The van der Waals surface area contributed by atoms with E-state index in [1.165, 1.54) is 35.5 Å². The lowest BCUT2D eigenvalue weighted by molar-refractivity contribution is 0.417. The predicted octanol–water partition coefficient (Wildman–Crippen LogP) is 1.15. The summed E-state index contributed by atoms with van der Waals surface area (Å²) in [4.78, 5) is 12.1. The van der Waals surface area contributed by atoms with Crippen LogP contribution in [0.3, 0.4) is 0 Å². The maximum Gasteiger partial charge on any atom is 0.290 e.